The van der Waals surface area contributed by atoms with E-state index in [-0.39, 0.29) is 11.5 Å². The van der Waals surface area contributed by atoms with Crippen LogP contribution in [0.2, 0.25) is 0 Å². The minimum Gasteiger partial charge on any atom is -0.497 e. The molecule has 0 saturated heterocycles. The summed E-state index contributed by atoms with van der Waals surface area (Å²) in [7, 11) is 3.43. The van der Waals surface area contributed by atoms with Crippen LogP contribution in [-0.4, -0.2) is 26.4 Å². The number of hydrogen-bond acceptors (Lipinski definition) is 4. The van der Waals surface area contributed by atoms with Gasteiger partial charge in [0, 0.05) is 23.1 Å². The van der Waals surface area contributed by atoms with Gasteiger partial charge in [-0.2, -0.15) is 0 Å². The Balaban J connectivity index is 1.66. The molecule has 0 fully saturated rings. The zero-order valence-electron chi connectivity index (χ0n) is 15.9. The van der Waals surface area contributed by atoms with Crippen LogP contribution < -0.4 is 18.9 Å². The van der Waals surface area contributed by atoms with Crippen LogP contribution in [0.3, 0.4) is 0 Å². The molecule has 2 aromatic carbocycles. The zero-order valence-corrected chi connectivity index (χ0v) is 15.9. The van der Waals surface area contributed by atoms with Crippen molar-refractivity contribution in [2.75, 3.05) is 20.8 Å². The van der Waals surface area contributed by atoms with Crippen LogP contribution in [0.5, 0.6) is 23.0 Å². The Kier molecular flexibility index (Phi) is 4.22. The van der Waals surface area contributed by atoms with Gasteiger partial charge in [0.25, 0.3) is 0 Å². The second-order valence-electron chi connectivity index (χ2n) is 7.71. The first-order valence-corrected chi connectivity index (χ1v) is 9.19. The lowest BCUT2D eigenvalue weighted by atomic mass is 9.86. The number of hydrogen-bond donors (Lipinski definition) is 0. The maximum atomic E-state index is 6.16. The van der Waals surface area contributed by atoms with Gasteiger partial charge in [-0.3, -0.25) is 0 Å². The quantitative estimate of drug-likeness (QED) is 0.812. The molecule has 0 bridgehead atoms. The summed E-state index contributed by atoms with van der Waals surface area (Å²) in [6.45, 7) is 4.91. The summed E-state index contributed by atoms with van der Waals surface area (Å²) in [4.78, 5) is 0. The first-order chi connectivity index (χ1) is 12.5. The highest BCUT2D eigenvalue weighted by Gasteiger charge is 2.32. The van der Waals surface area contributed by atoms with Crippen LogP contribution in [0, 0.1) is 0 Å². The minimum atomic E-state index is -0.120. The van der Waals surface area contributed by atoms with E-state index < -0.39 is 0 Å². The number of benzene rings is 2. The standard InChI is InChI=1S/C22H26O4/c1-22(2)10-9-18-19(26-22)8-7-17(21(18)24-4)15-11-14-5-6-16(23-3)12-20(14)25-13-15/h5-8,12,15H,9-11,13H2,1-4H3. The maximum absolute atomic E-state index is 6.16. The van der Waals surface area contributed by atoms with E-state index in [9.17, 15) is 0 Å². The molecule has 2 aromatic rings. The Morgan fingerprint density at radius 3 is 2.65 bits per heavy atom. The van der Waals surface area contributed by atoms with E-state index >= 15 is 0 Å². The molecular weight excluding hydrogens is 328 g/mol. The molecule has 1 unspecified atom stereocenters. The first kappa shape index (κ1) is 17.1. The molecule has 138 valence electrons. The Morgan fingerprint density at radius 2 is 1.88 bits per heavy atom. The summed E-state index contributed by atoms with van der Waals surface area (Å²) in [6, 6.07) is 10.3. The average molecular weight is 354 g/mol. The van der Waals surface area contributed by atoms with Crippen molar-refractivity contribution in [3.8, 4) is 23.0 Å². The molecule has 4 nitrogen and oxygen atoms in total. The molecule has 0 saturated carbocycles. The van der Waals surface area contributed by atoms with Crippen molar-refractivity contribution in [2.45, 2.75) is 44.6 Å². The lowest BCUT2D eigenvalue weighted by molar-refractivity contribution is 0.0834. The van der Waals surface area contributed by atoms with Gasteiger partial charge in [0.15, 0.2) is 0 Å². The van der Waals surface area contributed by atoms with E-state index in [4.69, 9.17) is 18.9 Å². The largest absolute Gasteiger partial charge is 0.497 e. The lowest BCUT2D eigenvalue weighted by Gasteiger charge is -2.35. The number of rotatable bonds is 3. The van der Waals surface area contributed by atoms with Crippen molar-refractivity contribution in [3.05, 3.63) is 47.0 Å². The van der Waals surface area contributed by atoms with Gasteiger partial charge in [-0.05, 0) is 50.8 Å². The molecule has 26 heavy (non-hydrogen) atoms. The Hall–Kier alpha value is -2.36. The lowest BCUT2D eigenvalue weighted by Crippen LogP contribution is -2.33. The van der Waals surface area contributed by atoms with Crippen LogP contribution in [0.25, 0.3) is 0 Å². The van der Waals surface area contributed by atoms with E-state index in [0.717, 1.165) is 42.3 Å². The fourth-order valence-electron chi connectivity index (χ4n) is 3.98. The molecular formula is C22H26O4. The van der Waals surface area contributed by atoms with Gasteiger partial charge in [0.2, 0.25) is 0 Å². The molecule has 0 aromatic heterocycles. The van der Waals surface area contributed by atoms with Gasteiger partial charge in [-0.1, -0.05) is 12.1 Å². The molecule has 4 heteroatoms. The third-order valence-corrected chi connectivity index (χ3v) is 5.44. The molecule has 1 atom stereocenters. The summed E-state index contributed by atoms with van der Waals surface area (Å²) in [5, 5.41) is 0. The second-order valence-corrected chi connectivity index (χ2v) is 7.71. The van der Waals surface area contributed by atoms with Crippen molar-refractivity contribution >= 4 is 0 Å². The molecule has 0 N–H and O–H groups in total. The minimum absolute atomic E-state index is 0.120. The highest BCUT2D eigenvalue weighted by Crippen LogP contribution is 2.44. The van der Waals surface area contributed by atoms with Crippen molar-refractivity contribution in [1.29, 1.82) is 0 Å². The van der Waals surface area contributed by atoms with Crippen molar-refractivity contribution < 1.29 is 18.9 Å². The highest BCUT2D eigenvalue weighted by molar-refractivity contribution is 5.54. The van der Waals surface area contributed by atoms with Crippen LogP contribution in [0.15, 0.2) is 30.3 Å². The van der Waals surface area contributed by atoms with Gasteiger partial charge in [0.05, 0.1) is 20.8 Å². The third kappa shape index (κ3) is 2.98. The fourth-order valence-corrected chi connectivity index (χ4v) is 3.98. The maximum Gasteiger partial charge on any atom is 0.129 e. The van der Waals surface area contributed by atoms with E-state index in [1.54, 1.807) is 14.2 Å². The number of ether oxygens (including phenoxy) is 4. The number of fused-ring (bicyclic) bond motifs is 2. The van der Waals surface area contributed by atoms with Gasteiger partial charge >= 0.3 is 0 Å². The summed E-state index contributed by atoms with van der Waals surface area (Å²) in [6.07, 6.45) is 2.89. The molecule has 2 aliphatic heterocycles. The summed E-state index contributed by atoms with van der Waals surface area (Å²) < 4.78 is 23.3. The molecule has 0 radical (unpaired) electrons. The molecule has 0 amide bonds. The summed E-state index contributed by atoms with van der Waals surface area (Å²) in [5.41, 5.74) is 3.48. The summed E-state index contributed by atoms with van der Waals surface area (Å²) in [5.74, 6) is 3.93. The highest BCUT2D eigenvalue weighted by atomic mass is 16.5. The zero-order chi connectivity index (χ0) is 18.3. The predicted octanol–water partition coefficient (Wildman–Crippen LogP) is 4.53. The Bertz CT molecular complexity index is 825. The molecule has 4 rings (SSSR count). The molecule has 2 heterocycles. The third-order valence-electron chi connectivity index (χ3n) is 5.44. The summed E-state index contributed by atoms with van der Waals surface area (Å²) >= 11 is 0. The van der Waals surface area contributed by atoms with Crippen LogP contribution in [-0.2, 0) is 12.8 Å². The van der Waals surface area contributed by atoms with Crippen molar-refractivity contribution in [2.24, 2.45) is 0 Å². The predicted molar refractivity (Wildman–Crippen MR) is 101 cm³/mol. The van der Waals surface area contributed by atoms with Gasteiger partial charge < -0.3 is 18.9 Å². The second kappa shape index (κ2) is 6.42. The van der Waals surface area contributed by atoms with Crippen LogP contribution in [0.4, 0.5) is 0 Å². The molecule has 0 aliphatic carbocycles. The molecule has 2 aliphatic rings. The van der Waals surface area contributed by atoms with Gasteiger partial charge in [-0.25, -0.2) is 0 Å². The smallest absolute Gasteiger partial charge is 0.129 e. The van der Waals surface area contributed by atoms with Crippen LogP contribution in [0.1, 0.15) is 42.9 Å². The SMILES string of the molecule is COc1ccc2c(c1)OCC(c1ccc3c(c1OC)CCC(C)(C)O3)C2. The molecule has 0 spiro atoms. The van der Waals surface area contributed by atoms with Crippen molar-refractivity contribution in [3.63, 3.8) is 0 Å². The van der Waals surface area contributed by atoms with Crippen molar-refractivity contribution in [1.82, 2.24) is 0 Å². The Morgan fingerprint density at radius 1 is 1.04 bits per heavy atom. The van der Waals surface area contributed by atoms with E-state index in [0.29, 0.717) is 6.61 Å². The number of methoxy groups -OCH3 is 2. The van der Waals surface area contributed by atoms with Crippen LogP contribution >= 0.6 is 0 Å². The van der Waals surface area contributed by atoms with E-state index in [1.807, 2.05) is 12.1 Å². The fraction of sp³-hybridized carbons (Fsp3) is 0.455. The normalized spacial score (nSPS) is 20.2. The van der Waals surface area contributed by atoms with Gasteiger partial charge in [0.1, 0.15) is 28.6 Å². The topological polar surface area (TPSA) is 36.9 Å². The Labute approximate surface area is 155 Å². The average Bonchev–Trinajstić information content (AvgIpc) is 2.65. The monoisotopic (exact) mass is 354 g/mol. The van der Waals surface area contributed by atoms with E-state index in [2.05, 4.69) is 32.0 Å². The first-order valence-electron chi connectivity index (χ1n) is 9.19. The van der Waals surface area contributed by atoms with Gasteiger partial charge in [-0.15, -0.1) is 0 Å². The van der Waals surface area contributed by atoms with E-state index in [1.165, 1.54) is 16.7 Å².